The van der Waals surface area contributed by atoms with Crippen LogP contribution in [0.5, 0.6) is 0 Å². The van der Waals surface area contributed by atoms with Crippen LogP contribution in [-0.4, -0.2) is 25.4 Å². The molecule has 1 amide bonds. The van der Waals surface area contributed by atoms with Gasteiger partial charge in [0.1, 0.15) is 11.9 Å². The second-order valence-corrected chi connectivity index (χ2v) is 7.37. The van der Waals surface area contributed by atoms with E-state index < -0.39 is 22.0 Å². The molecule has 1 heterocycles. The maximum Gasteiger partial charge on any atom is 0.243 e. The Labute approximate surface area is 143 Å². The molecule has 23 heavy (non-hydrogen) atoms. The van der Waals surface area contributed by atoms with Gasteiger partial charge in [-0.25, -0.2) is 13.4 Å². The molecule has 2 aromatic rings. The average molecular weight is 398 g/mol. The summed E-state index contributed by atoms with van der Waals surface area (Å²) < 4.78 is 27.9. The fourth-order valence-electron chi connectivity index (χ4n) is 1.84. The van der Waals surface area contributed by atoms with E-state index >= 15 is 0 Å². The van der Waals surface area contributed by atoms with E-state index in [1.54, 1.807) is 43.5 Å². The van der Waals surface area contributed by atoms with Gasteiger partial charge in [0.05, 0.1) is 4.90 Å². The van der Waals surface area contributed by atoms with Crippen molar-refractivity contribution in [2.75, 3.05) is 5.32 Å². The summed E-state index contributed by atoms with van der Waals surface area (Å²) in [7, 11) is -3.78. The molecule has 0 bridgehead atoms. The zero-order chi connectivity index (χ0) is 16.9. The number of sulfonamides is 1. The molecule has 0 aliphatic heterocycles. The fraction of sp³-hybridized carbons (Fsp3) is 0.200. The van der Waals surface area contributed by atoms with Gasteiger partial charge < -0.3 is 5.32 Å². The number of amides is 1. The van der Waals surface area contributed by atoms with Gasteiger partial charge in [-0.05, 0) is 42.8 Å². The molecule has 1 aromatic heterocycles. The Bertz CT molecular complexity index is 764. The summed E-state index contributed by atoms with van der Waals surface area (Å²) in [6.07, 6.45) is 1.86. The molecular weight excluding hydrogens is 382 g/mol. The number of carbonyl (C=O) groups is 1. The molecule has 0 aliphatic carbocycles. The van der Waals surface area contributed by atoms with Crippen LogP contribution in [0.25, 0.3) is 0 Å². The lowest BCUT2D eigenvalue weighted by molar-refractivity contribution is -0.117. The van der Waals surface area contributed by atoms with Crippen LogP contribution in [0.15, 0.2) is 58.0 Å². The lowest BCUT2D eigenvalue weighted by Gasteiger charge is -2.16. The van der Waals surface area contributed by atoms with Crippen molar-refractivity contribution < 1.29 is 13.2 Å². The summed E-state index contributed by atoms with van der Waals surface area (Å²) in [5.41, 5.74) is 0. The number of halogens is 1. The third-order valence-electron chi connectivity index (χ3n) is 3.06. The molecule has 1 aromatic carbocycles. The summed E-state index contributed by atoms with van der Waals surface area (Å²) in [5.74, 6) is -0.0781. The van der Waals surface area contributed by atoms with E-state index in [0.29, 0.717) is 12.2 Å². The highest BCUT2D eigenvalue weighted by Crippen LogP contribution is 2.15. The molecule has 1 atom stereocenters. The molecule has 2 N–H and O–H groups in total. The van der Waals surface area contributed by atoms with Gasteiger partial charge in [0.2, 0.25) is 15.9 Å². The maximum atomic E-state index is 12.3. The first-order valence-electron chi connectivity index (χ1n) is 6.92. The van der Waals surface area contributed by atoms with Crippen molar-refractivity contribution in [2.24, 2.45) is 0 Å². The molecule has 8 heteroatoms. The zero-order valence-electron chi connectivity index (χ0n) is 12.4. The number of aromatic nitrogens is 1. The van der Waals surface area contributed by atoms with Gasteiger partial charge in [0, 0.05) is 10.7 Å². The Morgan fingerprint density at radius 2 is 1.91 bits per heavy atom. The topological polar surface area (TPSA) is 88.2 Å². The Morgan fingerprint density at radius 3 is 2.48 bits per heavy atom. The number of nitrogens with one attached hydrogen (secondary N) is 2. The van der Waals surface area contributed by atoms with E-state index in [9.17, 15) is 13.2 Å². The first-order chi connectivity index (χ1) is 10.9. The molecule has 1 unspecified atom stereocenters. The second-order valence-electron chi connectivity index (χ2n) is 4.74. The van der Waals surface area contributed by atoms with E-state index in [1.165, 1.54) is 12.1 Å². The highest BCUT2D eigenvalue weighted by atomic mass is 79.9. The molecule has 0 saturated heterocycles. The largest absolute Gasteiger partial charge is 0.309 e. The molecule has 0 spiro atoms. The van der Waals surface area contributed by atoms with Gasteiger partial charge in [-0.3, -0.25) is 4.79 Å². The summed E-state index contributed by atoms with van der Waals surface area (Å²) in [5, 5.41) is 2.59. The number of rotatable bonds is 6. The molecule has 6 nitrogen and oxygen atoms in total. The number of carbonyl (C=O) groups excluding carboxylic acids is 1. The molecule has 2 rings (SSSR count). The lowest BCUT2D eigenvalue weighted by Crippen LogP contribution is -2.43. The first-order valence-corrected chi connectivity index (χ1v) is 9.20. The van der Waals surface area contributed by atoms with E-state index in [-0.39, 0.29) is 4.90 Å². The van der Waals surface area contributed by atoms with Gasteiger partial charge in [-0.2, -0.15) is 4.72 Å². The Balaban J connectivity index is 2.11. The number of pyridine rings is 1. The van der Waals surface area contributed by atoms with Crippen molar-refractivity contribution in [3.8, 4) is 0 Å². The highest BCUT2D eigenvalue weighted by Gasteiger charge is 2.24. The number of anilines is 1. The normalized spacial score (nSPS) is 12.6. The van der Waals surface area contributed by atoms with Gasteiger partial charge in [0.25, 0.3) is 0 Å². The van der Waals surface area contributed by atoms with Crippen molar-refractivity contribution in [1.29, 1.82) is 0 Å². The lowest BCUT2D eigenvalue weighted by atomic mass is 10.2. The molecule has 0 saturated carbocycles. The molecular formula is C15H16BrN3O3S. The standard InChI is InChI=1S/C15H16BrN3O3S/c1-2-13(15(20)18-14-5-3-4-10-17-14)19-23(21,22)12-8-6-11(16)7-9-12/h3-10,13,19H,2H2,1H3,(H,17,18,20). The van der Waals surface area contributed by atoms with Crippen LogP contribution in [0, 0.1) is 0 Å². The molecule has 0 aliphatic rings. The second kappa shape index (κ2) is 7.67. The van der Waals surface area contributed by atoms with Gasteiger partial charge in [0.15, 0.2) is 0 Å². The van der Waals surface area contributed by atoms with Crippen molar-refractivity contribution in [3.63, 3.8) is 0 Å². The van der Waals surface area contributed by atoms with Gasteiger partial charge in [-0.15, -0.1) is 0 Å². The summed E-state index contributed by atoms with van der Waals surface area (Å²) >= 11 is 3.25. The monoisotopic (exact) mass is 397 g/mol. The minimum Gasteiger partial charge on any atom is -0.309 e. The molecule has 0 radical (unpaired) electrons. The third-order valence-corrected chi connectivity index (χ3v) is 5.08. The first kappa shape index (κ1) is 17.6. The minimum absolute atomic E-state index is 0.102. The average Bonchev–Trinajstić information content (AvgIpc) is 2.54. The predicted octanol–water partition coefficient (Wildman–Crippen LogP) is 2.54. The zero-order valence-corrected chi connectivity index (χ0v) is 14.8. The number of hydrogen-bond donors (Lipinski definition) is 2. The smallest absolute Gasteiger partial charge is 0.243 e. The molecule has 0 fully saturated rings. The van der Waals surface area contributed by atoms with E-state index in [4.69, 9.17) is 0 Å². The summed E-state index contributed by atoms with van der Waals surface area (Å²) in [4.78, 5) is 16.3. The number of benzene rings is 1. The summed E-state index contributed by atoms with van der Waals surface area (Å²) in [6.45, 7) is 1.73. The fourth-order valence-corrected chi connectivity index (χ4v) is 3.38. The highest BCUT2D eigenvalue weighted by molar-refractivity contribution is 9.10. The van der Waals surface area contributed by atoms with Crippen LogP contribution in [0.2, 0.25) is 0 Å². The van der Waals surface area contributed by atoms with Crippen LogP contribution < -0.4 is 10.0 Å². The van der Waals surface area contributed by atoms with Crippen molar-refractivity contribution in [3.05, 3.63) is 53.1 Å². The van der Waals surface area contributed by atoms with Crippen LogP contribution in [0.3, 0.4) is 0 Å². The van der Waals surface area contributed by atoms with Crippen molar-refractivity contribution in [2.45, 2.75) is 24.3 Å². The van der Waals surface area contributed by atoms with Crippen LogP contribution in [0.4, 0.5) is 5.82 Å². The van der Waals surface area contributed by atoms with E-state index in [2.05, 4.69) is 31.0 Å². The van der Waals surface area contributed by atoms with Crippen LogP contribution in [-0.2, 0) is 14.8 Å². The number of nitrogens with zero attached hydrogens (tertiary/aromatic N) is 1. The van der Waals surface area contributed by atoms with Gasteiger partial charge >= 0.3 is 0 Å². The van der Waals surface area contributed by atoms with Crippen LogP contribution in [0.1, 0.15) is 13.3 Å². The Kier molecular flexibility index (Phi) is 5.86. The Morgan fingerprint density at radius 1 is 1.22 bits per heavy atom. The van der Waals surface area contributed by atoms with Crippen LogP contribution >= 0.6 is 15.9 Å². The quantitative estimate of drug-likeness (QED) is 0.783. The predicted molar refractivity (Wildman–Crippen MR) is 91.4 cm³/mol. The van der Waals surface area contributed by atoms with Crippen molar-refractivity contribution >= 4 is 37.7 Å². The molecule has 122 valence electrons. The van der Waals surface area contributed by atoms with E-state index in [0.717, 1.165) is 4.47 Å². The van der Waals surface area contributed by atoms with E-state index in [1.807, 2.05) is 0 Å². The van der Waals surface area contributed by atoms with Gasteiger partial charge in [-0.1, -0.05) is 28.9 Å². The summed E-state index contributed by atoms with van der Waals surface area (Å²) in [6, 6.07) is 10.4. The SMILES string of the molecule is CCC(NS(=O)(=O)c1ccc(Br)cc1)C(=O)Nc1ccccn1. The third kappa shape index (κ3) is 4.85. The number of hydrogen-bond acceptors (Lipinski definition) is 4. The maximum absolute atomic E-state index is 12.3. The van der Waals surface area contributed by atoms with Crippen molar-refractivity contribution in [1.82, 2.24) is 9.71 Å². The minimum atomic E-state index is -3.78. The Hall–Kier alpha value is -1.77.